The largest absolute Gasteiger partial charge is 0.455 e. The normalized spacial score (nSPS) is 13.3. The van der Waals surface area contributed by atoms with E-state index in [0.717, 1.165) is 104 Å². The van der Waals surface area contributed by atoms with E-state index in [0.29, 0.717) is 89.0 Å². The zero-order valence-corrected chi connectivity index (χ0v) is 58.0. The highest BCUT2D eigenvalue weighted by Crippen LogP contribution is 2.54. The van der Waals surface area contributed by atoms with Gasteiger partial charge in [-0.05, 0) is 148 Å². The van der Waals surface area contributed by atoms with Gasteiger partial charge in [0.25, 0.3) is 0 Å². The van der Waals surface area contributed by atoms with Crippen LogP contribution in [0.15, 0.2) is 359 Å². The van der Waals surface area contributed by atoms with Crippen LogP contribution in [0, 0.1) is 6.57 Å². The predicted molar refractivity (Wildman–Crippen MR) is 449 cm³/mol. The highest BCUT2D eigenvalue weighted by atomic mass is 16.3. The van der Waals surface area contributed by atoms with Crippen LogP contribution in [0.2, 0.25) is 0 Å². The predicted octanol–water partition coefficient (Wildman–Crippen LogP) is 27.1. The van der Waals surface area contributed by atoms with E-state index >= 15 is 0 Å². The smallest absolute Gasteiger partial charge is 0.213 e. The number of aromatic nitrogens is 6. The topological polar surface area (TPSA) is 97.2 Å². The zero-order valence-electron chi connectivity index (χ0n) is 68.0. The first-order valence-corrected chi connectivity index (χ1v) is 36.1. The third kappa shape index (κ3) is 9.19. The Balaban J connectivity index is 0.963. The molecule has 0 bridgehead atoms. The SMILES string of the molecule is [2H]c1c([2H])c([2H])c(-c2nc(-c3cc([N+]#[C-])c(-n4c5ccc(-c6ccccc6)cc5c5c6oc7ccc(-c8ccccc8)cc7c6ccc54)c(-n4c5ccccc5c5c6oc7ccccc7c6ccc54)c3-n3c4ccc(-c5ccccc5)cc4c4c5oc6ccc(-c7ccccc7)cc6c5ccc43)nc(-c3c([2H])c([2H])c([2H])c([2H])c3[2H])n2)c([2H])c1[2H]. The molecule has 0 radical (unpaired) electrons. The summed E-state index contributed by atoms with van der Waals surface area (Å²) in [5, 5.41) is 9.65. The third-order valence-corrected chi connectivity index (χ3v) is 21.7. The molecule has 0 unspecified atom stereocenters. The molecule has 0 N–H and O–H groups in total. The van der Waals surface area contributed by atoms with E-state index in [1.807, 2.05) is 127 Å². The van der Waals surface area contributed by atoms with Gasteiger partial charge in [-0.1, -0.05) is 242 Å². The summed E-state index contributed by atoms with van der Waals surface area (Å²) < 4.78 is 121. The van der Waals surface area contributed by atoms with Crippen LogP contribution >= 0.6 is 0 Å². The lowest BCUT2D eigenvalue weighted by Crippen LogP contribution is -2.12. The maximum atomic E-state index is 10.1. The molecule has 0 aliphatic rings. The molecule has 23 aromatic rings. The van der Waals surface area contributed by atoms with Crippen LogP contribution in [-0.4, -0.2) is 28.7 Å². The Hall–Kier alpha value is -15.2. The van der Waals surface area contributed by atoms with Crippen molar-refractivity contribution in [3.05, 3.63) is 357 Å². The molecular formula is C100H57N7O3. The lowest BCUT2D eigenvalue weighted by atomic mass is 10.0. The van der Waals surface area contributed by atoms with E-state index in [4.69, 9.17) is 41.3 Å². The highest BCUT2D eigenvalue weighted by Gasteiger charge is 2.34. The van der Waals surface area contributed by atoms with Gasteiger partial charge in [-0.3, -0.25) is 0 Å². The van der Waals surface area contributed by atoms with Crippen molar-refractivity contribution >= 4 is 137 Å². The molecule has 0 atom stereocenters. The molecule has 0 aliphatic carbocycles. The maximum absolute atomic E-state index is 10.1. The van der Waals surface area contributed by atoms with Crippen LogP contribution in [0.25, 0.3) is 232 Å². The van der Waals surface area contributed by atoms with Crippen LogP contribution in [0.5, 0.6) is 0 Å². The average molecular weight is 1410 g/mol. The lowest BCUT2D eigenvalue weighted by Gasteiger charge is -2.26. The van der Waals surface area contributed by atoms with Crippen molar-refractivity contribution in [2.75, 3.05) is 0 Å². The molecule has 0 aliphatic heterocycles. The van der Waals surface area contributed by atoms with Gasteiger partial charge in [-0.25, -0.2) is 19.8 Å². The molecule has 0 saturated carbocycles. The minimum Gasteiger partial charge on any atom is -0.455 e. The van der Waals surface area contributed by atoms with Crippen molar-refractivity contribution in [1.82, 2.24) is 28.7 Å². The van der Waals surface area contributed by atoms with Gasteiger partial charge in [0.2, 0.25) is 5.69 Å². The minimum absolute atomic E-state index is 0.0257. The van der Waals surface area contributed by atoms with Gasteiger partial charge in [0.05, 0.1) is 86.6 Å². The maximum Gasteiger partial charge on any atom is 0.213 e. The second kappa shape index (κ2) is 23.9. The Morgan fingerprint density at radius 3 is 1.09 bits per heavy atom. The summed E-state index contributed by atoms with van der Waals surface area (Å²) in [4.78, 5) is 20.3. The molecule has 16 aromatic carbocycles. The van der Waals surface area contributed by atoms with Crippen molar-refractivity contribution in [3.8, 4) is 95.7 Å². The number of benzene rings is 16. The molecule has 7 heterocycles. The molecule has 10 nitrogen and oxygen atoms in total. The summed E-state index contributed by atoms with van der Waals surface area (Å²) in [6.45, 7) is 10.1. The number of nitrogens with zero attached hydrogens (tertiary/aromatic N) is 7. The van der Waals surface area contributed by atoms with Crippen LogP contribution in [0.1, 0.15) is 13.7 Å². The Morgan fingerprint density at radius 2 is 0.618 bits per heavy atom. The van der Waals surface area contributed by atoms with Crippen molar-refractivity contribution in [1.29, 1.82) is 0 Å². The van der Waals surface area contributed by atoms with Gasteiger partial charge in [0.15, 0.2) is 17.5 Å². The Bertz CT molecular complexity index is 8350. The number of rotatable bonds is 10. The van der Waals surface area contributed by atoms with Gasteiger partial charge >= 0.3 is 0 Å². The summed E-state index contributed by atoms with van der Waals surface area (Å²) >= 11 is 0. The Labute approximate surface area is 641 Å². The second-order valence-corrected chi connectivity index (χ2v) is 27.6. The van der Waals surface area contributed by atoms with Gasteiger partial charge in [-0.2, -0.15) is 0 Å². The van der Waals surface area contributed by atoms with E-state index in [9.17, 15) is 12.1 Å². The number of fused-ring (bicyclic) bond motifs is 21. The number of furan rings is 3. The molecule has 110 heavy (non-hydrogen) atoms. The molecule has 0 amide bonds. The van der Waals surface area contributed by atoms with Crippen LogP contribution < -0.4 is 0 Å². The summed E-state index contributed by atoms with van der Waals surface area (Å²) in [5.41, 5.74) is 15.4. The molecule has 10 heteroatoms. The lowest BCUT2D eigenvalue weighted by molar-refractivity contribution is 0.672. The summed E-state index contributed by atoms with van der Waals surface area (Å²) in [5.74, 6) is -1.29. The average Bonchev–Trinajstić information content (AvgIpc) is 1.51. The summed E-state index contributed by atoms with van der Waals surface area (Å²) in [6.07, 6.45) is 0. The number of para-hydroxylation sites is 2. The molecule has 510 valence electrons. The van der Waals surface area contributed by atoms with E-state index in [-0.39, 0.29) is 17.1 Å². The Morgan fingerprint density at radius 1 is 0.264 bits per heavy atom. The van der Waals surface area contributed by atoms with Crippen molar-refractivity contribution in [2.24, 2.45) is 0 Å². The molecule has 23 rings (SSSR count). The third-order valence-electron chi connectivity index (χ3n) is 21.7. The van der Waals surface area contributed by atoms with E-state index < -0.39 is 83.2 Å². The summed E-state index contributed by atoms with van der Waals surface area (Å²) in [6, 6.07) is 88.9. The quantitative estimate of drug-likeness (QED) is 0.127. The molecule has 0 saturated heterocycles. The molecule has 0 spiro atoms. The zero-order chi connectivity index (χ0) is 80.9. The molecule has 7 aromatic heterocycles. The fraction of sp³-hybridized carbons (Fsp3) is 0. The Kier molecular flexibility index (Phi) is 11.3. The van der Waals surface area contributed by atoms with Gasteiger partial charge in [-0.15, -0.1) is 0 Å². The number of hydrogen-bond acceptors (Lipinski definition) is 6. The van der Waals surface area contributed by atoms with Crippen molar-refractivity contribution in [2.45, 2.75) is 0 Å². The minimum atomic E-state index is -0.711. The molecular weight excluding hydrogens is 1350 g/mol. The van der Waals surface area contributed by atoms with Gasteiger partial charge in [0, 0.05) is 65.2 Å². The summed E-state index contributed by atoms with van der Waals surface area (Å²) in [7, 11) is 0. The van der Waals surface area contributed by atoms with E-state index in [2.05, 4.69) is 165 Å². The monoisotopic (exact) mass is 1410 g/mol. The van der Waals surface area contributed by atoms with Crippen LogP contribution in [-0.2, 0) is 0 Å². The van der Waals surface area contributed by atoms with Gasteiger partial charge in [0.1, 0.15) is 33.5 Å². The van der Waals surface area contributed by atoms with Crippen molar-refractivity contribution in [3.63, 3.8) is 0 Å². The second-order valence-electron chi connectivity index (χ2n) is 27.6. The first-order chi connectivity index (χ1) is 58.7. The first kappa shape index (κ1) is 51.9. The molecule has 0 fully saturated rings. The van der Waals surface area contributed by atoms with Crippen LogP contribution in [0.3, 0.4) is 0 Å². The van der Waals surface area contributed by atoms with E-state index in [1.54, 1.807) is 6.07 Å². The van der Waals surface area contributed by atoms with E-state index in [1.165, 1.54) is 0 Å². The van der Waals surface area contributed by atoms with Crippen LogP contribution in [0.4, 0.5) is 5.69 Å². The number of hydrogen-bond donors (Lipinski definition) is 0. The fourth-order valence-corrected chi connectivity index (χ4v) is 16.9. The standard InChI is InChI=1S/C100H57N7O3/c1-101-79-58-78(100-103-98(63-32-16-6-17-33-63)102-99(104-100)64-34-18-7-19-35-64)92(105-81-47-40-65(59-24-8-2-9-25-59)56-76(81)90-84(105)50-45-71-74-54-67(61-28-12-4-13-29-61)42-52-87(74)109-96(71)90)94(107-80-38-22-20-37-73(80)89-83(107)49-44-70-69-36-21-23-39-86(69)108-95(70)89)93(79)106-82-48-41-66(60-26-10-3-11-27-60)57-77(82)91-85(106)51-46-72-75-55-68(62-30-14-5-15-31-62)43-53-88(75)110-97(72)91/h2-58H/i6D,7D,16D,17D,18D,19D,32D,33D,34D,35D. The fourth-order valence-electron chi connectivity index (χ4n) is 16.9. The van der Waals surface area contributed by atoms with Crippen molar-refractivity contribution < 1.29 is 27.0 Å². The first-order valence-electron chi connectivity index (χ1n) is 41.1. The highest BCUT2D eigenvalue weighted by molar-refractivity contribution is 6.29. The van der Waals surface area contributed by atoms with Gasteiger partial charge < -0.3 is 27.0 Å².